The fraction of sp³-hybridized carbons (Fsp3) is 0.150. The molecule has 0 spiro atoms. The maximum Gasteiger partial charge on any atom is 0.271 e. The van der Waals surface area contributed by atoms with E-state index in [4.69, 9.17) is 9.47 Å². The molecule has 0 radical (unpaired) electrons. The van der Waals surface area contributed by atoms with Crippen molar-refractivity contribution in [2.75, 3.05) is 0 Å². The van der Waals surface area contributed by atoms with Gasteiger partial charge in [0.25, 0.3) is 5.91 Å². The Hall–Kier alpha value is -3.41. The van der Waals surface area contributed by atoms with Gasteiger partial charge in [0.1, 0.15) is 11.5 Å². The first-order valence-electron chi connectivity index (χ1n) is 8.12. The molecule has 0 bridgehead atoms. The molecule has 0 saturated heterocycles. The molecule has 132 valence electrons. The molecular weight excluding hydrogens is 330 g/mol. The van der Waals surface area contributed by atoms with Crippen molar-refractivity contribution in [1.82, 2.24) is 10.4 Å². The largest absolute Gasteiger partial charge is 0.453 e. The monoisotopic (exact) mass is 349 g/mol. The van der Waals surface area contributed by atoms with Gasteiger partial charge in [0, 0.05) is 49.5 Å². The van der Waals surface area contributed by atoms with E-state index in [2.05, 4.69) is 15.5 Å². The summed E-state index contributed by atoms with van der Waals surface area (Å²) in [4.78, 5) is 15.8. The molecule has 0 unspecified atom stereocenters. The molecule has 1 aromatic carbocycles. The fourth-order valence-corrected chi connectivity index (χ4v) is 2.36. The van der Waals surface area contributed by atoms with E-state index in [-0.39, 0.29) is 5.91 Å². The molecular formula is C20H19N3O3. The first kappa shape index (κ1) is 17.4. The van der Waals surface area contributed by atoms with Gasteiger partial charge in [-0.05, 0) is 12.1 Å². The SMILES string of the molecule is CC1(C)OC(=CC=NNC(=O)c2ccncc2)C=C(c2ccccc2)O1. The van der Waals surface area contributed by atoms with Gasteiger partial charge in [0.15, 0.2) is 0 Å². The maximum absolute atomic E-state index is 11.9. The van der Waals surface area contributed by atoms with Gasteiger partial charge in [-0.3, -0.25) is 9.78 Å². The van der Waals surface area contributed by atoms with Crippen LogP contribution in [0.3, 0.4) is 0 Å². The number of benzene rings is 1. The lowest BCUT2D eigenvalue weighted by molar-refractivity contribution is -0.149. The molecule has 3 rings (SSSR count). The Morgan fingerprint density at radius 2 is 1.85 bits per heavy atom. The minimum Gasteiger partial charge on any atom is -0.453 e. The number of nitrogens with one attached hydrogen (secondary N) is 1. The van der Waals surface area contributed by atoms with Gasteiger partial charge in [-0.15, -0.1) is 0 Å². The normalized spacial score (nSPS) is 17.3. The number of allylic oxidation sites excluding steroid dienone is 2. The highest BCUT2D eigenvalue weighted by Gasteiger charge is 2.28. The minimum absolute atomic E-state index is 0.309. The first-order chi connectivity index (χ1) is 12.5. The average Bonchev–Trinajstić information content (AvgIpc) is 2.65. The third kappa shape index (κ3) is 4.57. The molecule has 0 saturated carbocycles. The minimum atomic E-state index is -0.806. The van der Waals surface area contributed by atoms with Crippen molar-refractivity contribution in [2.45, 2.75) is 19.6 Å². The van der Waals surface area contributed by atoms with Gasteiger partial charge in [0.2, 0.25) is 5.79 Å². The van der Waals surface area contributed by atoms with Crippen molar-refractivity contribution < 1.29 is 14.3 Å². The number of hydrazone groups is 1. The zero-order chi connectivity index (χ0) is 18.4. The number of carbonyl (C=O) groups is 1. The quantitative estimate of drug-likeness (QED) is 0.677. The summed E-state index contributed by atoms with van der Waals surface area (Å²) in [7, 11) is 0. The summed E-state index contributed by atoms with van der Waals surface area (Å²) >= 11 is 0. The van der Waals surface area contributed by atoms with Crippen LogP contribution in [0.15, 0.2) is 77.9 Å². The second-order valence-electron chi connectivity index (χ2n) is 6.00. The molecule has 2 heterocycles. The Kier molecular flexibility index (Phi) is 5.12. The van der Waals surface area contributed by atoms with Crippen molar-refractivity contribution in [3.8, 4) is 0 Å². The molecule has 6 nitrogen and oxygen atoms in total. The Labute approximate surface area is 151 Å². The van der Waals surface area contributed by atoms with Crippen molar-refractivity contribution in [2.24, 2.45) is 5.10 Å². The van der Waals surface area contributed by atoms with E-state index in [0.717, 1.165) is 5.56 Å². The van der Waals surface area contributed by atoms with E-state index in [0.29, 0.717) is 17.1 Å². The molecule has 1 aliphatic rings. The zero-order valence-corrected chi connectivity index (χ0v) is 14.5. The molecule has 1 amide bonds. The van der Waals surface area contributed by atoms with E-state index in [9.17, 15) is 4.79 Å². The number of ether oxygens (including phenoxy) is 2. The highest BCUT2D eigenvalue weighted by molar-refractivity contribution is 5.94. The maximum atomic E-state index is 11.9. The summed E-state index contributed by atoms with van der Waals surface area (Å²) in [6.45, 7) is 3.66. The topological polar surface area (TPSA) is 72.8 Å². The number of rotatable bonds is 4. The first-order valence-corrected chi connectivity index (χ1v) is 8.12. The summed E-state index contributed by atoms with van der Waals surface area (Å²) in [5, 5.41) is 3.92. The van der Waals surface area contributed by atoms with Gasteiger partial charge in [-0.2, -0.15) is 5.10 Å². The van der Waals surface area contributed by atoms with Gasteiger partial charge >= 0.3 is 0 Å². The number of pyridine rings is 1. The van der Waals surface area contributed by atoms with Crippen LogP contribution in [0.5, 0.6) is 0 Å². The van der Waals surface area contributed by atoms with Crippen LogP contribution in [0, 0.1) is 0 Å². The summed E-state index contributed by atoms with van der Waals surface area (Å²) in [6.07, 6.45) is 8.02. The van der Waals surface area contributed by atoms with Crippen LogP contribution in [0.4, 0.5) is 0 Å². The van der Waals surface area contributed by atoms with Crippen LogP contribution in [0.2, 0.25) is 0 Å². The highest BCUT2D eigenvalue weighted by Crippen LogP contribution is 2.32. The summed E-state index contributed by atoms with van der Waals surface area (Å²) in [5.74, 6) is 0.181. The Bertz CT molecular complexity index is 856. The van der Waals surface area contributed by atoms with Crippen LogP contribution in [-0.2, 0) is 9.47 Å². The molecule has 0 aliphatic carbocycles. The third-order valence-corrected chi connectivity index (χ3v) is 3.47. The third-order valence-electron chi connectivity index (χ3n) is 3.47. The second kappa shape index (κ2) is 7.65. The fourth-order valence-electron chi connectivity index (χ4n) is 2.36. The van der Waals surface area contributed by atoms with E-state index < -0.39 is 5.79 Å². The van der Waals surface area contributed by atoms with Crippen LogP contribution < -0.4 is 5.43 Å². The van der Waals surface area contributed by atoms with E-state index in [1.54, 1.807) is 36.7 Å². The Morgan fingerprint density at radius 1 is 1.12 bits per heavy atom. The number of hydrogen-bond acceptors (Lipinski definition) is 5. The highest BCUT2D eigenvalue weighted by atomic mass is 16.7. The number of aromatic nitrogens is 1. The molecule has 6 heteroatoms. The number of carbonyl (C=O) groups excluding carboxylic acids is 1. The summed E-state index contributed by atoms with van der Waals surface area (Å²) in [5.41, 5.74) is 3.89. The Balaban J connectivity index is 1.71. The van der Waals surface area contributed by atoms with Crippen molar-refractivity contribution in [1.29, 1.82) is 0 Å². The van der Waals surface area contributed by atoms with E-state index in [1.165, 1.54) is 6.21 Å². The number of nitrogens with zero attached hydrogens (tertiary/aromatic N) is 2. The lowest BCUT2D eigenvalue weighted by Crippen LogP contribution is -2.30. The van der Waals surface area contributed by atoms with Gasteiger partial charge in [-0.25, -0.2) is 5.43 Å². The van der Waals surface area contributed by atoms with E-state index in [1.807, 2.05) is 44.2 Å². The smallest absolute Gasteiger partial charge is 0.271 e. The van der Waals surface area contributed by atoms with Gasteiger partial charge < -0.3 is 9.47 Å². The zero-order valence-electron chi connectivity index (χ0n) is 14.5. The Morgan fingerprint density at radius 3 is 2.58 bits per heavy atom. The molecule has 0 atom stereocenters. The summed E-state index contributed by atoms with van der Waals surface area (Å²) < 4.78 is 11.6. The molecule has 26 heavy (non-hydrogen) atoms. The van der Waals surface area contributed by atoms with Gasteiger partial charge in [0.05, 0.1) is 6.21 Å². The number of hydrogen-bond donors (Lipinski definition) is 1. The predicted octanol–water partition coefficient (Wildman–Crippen LogP) is 3.51. The molecule has 2 aromatic rings. The molecule has 1 aliphatic heterocycles. The predicted molar refractivity (Wildman–Crippen MR) is 98.9 cm³/mol. The van der Waals surface area contributed by atoms with Crippen LogP contribution >= 0.6 is 0 Å². The van der Waals surface area contributed by atoms with Crippen molar-refractivity contribution in [3.05, 3.63) is 83.9 Å². The second-order valence-corrected chi connectivity index (χ2v) is 6.00. The lowest BCUT2D eigenvalue weighted by atomic mass is 10.1. The van der Waals surface area contributed by atoms with E-state index >= 15 is 0 Å². The van der Waals surface area contributed by atoms with Crippen molar-refractivity contribution in [3.63, 3.8) is 0 Å². The average molecular weight is 349 g/mol. The standard InChI is InChI=1S/C20H19N3O3/c1-20(2)25-17(14-18(26-20)15-6-4-3-5-7-15)10-13-22-23-19(24)16-8-11-21-12-9-16/h3-14H,1-2H3,(H,23,24). The van der Waals surface area contributed by atoms with Crippen LogP contribution in [0.1, 0.15) is 29.8 Å². The van der Waals surface area contributed by atoms with Crippen molar-refractivity contribution >= 4 is 17.9 Å². The molecule has 0 fully saturated rings. The summed E-state index contributed by atoms with van der Waals surface area (Å²) in [6, 6.07) is 13.0. The molecule has 1 N–H and O–H groups in total. The number of amides is 1. The van der Waals surface area contributed by atoms with Crippen LogP contribution in [-0.4, -0.2) is 22.9 Å². The lowest BCUT2D eigenvalue weighted by Gasteiger charge is -2.33. The molecule has 1 aromatic heterocycles. The van der Waals surface area contributed by atoms with Gasteiger partial charge in [-0.1, -0.05) is 30.3 Å². The van der Waals surface area contributed by atoms with Crippen LogP contribution in [0.25, 0.3) is 5.76 Å².